The molecule has 0 heterocycles. The minimum Gasteiger partial charge on any atom is -0.508 e. The smallest absolute Gasteiger partial charge is 0.321 e. The van der Waals surface area contributed by atoms with Gasteiger partial charge in [-0.2, -0.15) is 0 Å². The zero-order valence-electron chi connectivity index (χ0n) is 18.2. The standard InChI is InChI=1S/C23H34O5Si/c1-17(2)27-29(28-18(3)4)14-6-7-20-15-21(24)10-13-23(20)19-8-11-22(12-9-19)26-16-25-5/h8-13,15,17-18,24,29H,6-7,14,16H2,1-5H3. The van der Waals surface area contributed by atoms with Crippen molar-refractivity contribution in [3.8, 4) is 22.6 Å². The van der Waals surface area contributed by atoms with Crippen molar-refractivity contribution in [2.24, 2.45) is 0 Å². The van der Waals surface area contributed by atoms with Crippen molar-refractivity contribution in [2.45, 2.75) is 58.8 Å². The van der Waals surface area contributed by atoms with Crippen LogP contribution in [0.1, 0.15) is 39.7 Å². The summed E-state index contributed by atoms with van der Waals surface area (Å²) in [6.07, 6.45) is 2.18. The number of benzene rings is 2. The van der Waals surface area contributed by atoms with E-state index < -0.39 is 9.28 Å². The second kappa shape index (κ2) is 12.0. The third-order valence-corrected chi connectivity index (χ3v) is 6.91. The van der Waals surface area contributed by atoms with Gasteiger partial charge in [0.1, 0.15) is 11.5 Å². The fourth-order valence-corrected chi connectivity index (χ4v) is 5.25. The van der Waals surface area contributed by atoms with E-state index in [0.717, 1.165) is 41.3 Å². The van der Waals surface area contributed by atoms with Gasteiger partial charge in [0, 0.05) is 19.3 Å². The van der Waals surface area contributed by atoms with Crippen LogP contribution in [0.3, 0.4) is 0 Å². The molecule has 5 nitrogen and oxygen atoms in total. The Balaban J connectivity index is 2.07. The lowest BCUT2D eigenvalue weighted by atomic mass is 9.96. The molecule has 6 heteroatoms. The summed E-state index contributed by atoms with van der Waals surface area (Å²) in [6.45, 7) is 8.44. The number of hydrogen-bond acceptors (Lipinski definition) is 5. The van der Waals surface area contributed by atoms with Crippen LogP contribution in [0.2, 0.25) is 6.04 Å². The molecule has 160 valence electrons. The van der Waals surface area contributed by atoms with E-state index in [0.29, 0.717) is 0 Å². The van der Waals surface area contributed by atoms with Gasteiger partial charge in [-0.25, -0.2) is 0 Å². The highest BCUT2D eigenvalue weighted by Gasteiger charge is 2.17. The van der Waals surface area contributed by atoms with Crippen LogP contribution in [0.25, 0.3) is 11.1 Å². The van der Waals surface area contributed by atoms with Crippen LogP contribution in [0, 0.1) is 0 Å². The van der Waals surface area contributed by atoms with Crippen LogP contribution < -0.4 is 4.74 Å². The molecule has 2 aromatic carbocycles. The van der Waals surface area contributed by atoms with Gasteiger partial charge < -0.3 is 23.4 Å². The summed E-state index contributed by atoms with van der Waals surface area (Å²) < 4.78 is 22.5. The Morgan fingerprint density at radius 1 is 0.931 bits per heavy atom. The number of methoxy groups -OCH3 is 1. The summed E-state index contributed by atoms with van der Waals surface area (Å²) in [7, 11) is -0.101. The number of ether oxygens (including phenoxy) is 2. The molecule has 0 aliphatic heterocycles. The number of phenolic OH excluding ortho intramolecular Hbond substituents is 1. The number of aromatic hydroxyl groups is 1. The van der Waals surface area contributed by atoms with Gasteiger partial charge in [0.15, 0.2) is 6.79 Å². The lowest BCUT2D eigenvalue weighted by Crippen LogP contribution is -2.29. The summed E-state index contributed by atoms with van der Waals surface area (Å²) in [5.41, 5.74) is 3.33. The SMILES string of the molecule is COCOc1ccc(-c2ccc(O)cc2CCC[SiH](OC(C)C)OC(C)C)cc1. The zero-order chi connectivity index (χ0) is 21.2. The van der Waals surface area contributed by atoms with Crippen molar-refractivity contribution in [1.29, 1.82) is 0 Å². The summed E-state index contributed by atoms with van der Waals surface area (Å²) in [6, 6.07) is 14.4. The first-order valence-corrected chi connectivity index (χ1v) is 12.0. The average molecular weight is 419 g/mol. The Labute approximate surface area is 176 Å². The highest BCUT2D eigenvalue weighted by molar-refractivity contribution is 6.44. The molecule has 0 spiro atoms. The van der Waals surface area contributed by atoms with Crippen molar-refractivity contribution >= 4 is 9.28 Å². The molecule has 29 heavy (non-hydrogen) atoms. The van der Waals surface area contributed by atoms with E-state index in [4.69, 9.17) is 18.3 Å². The molecule has 0 amide bonds. The van der Waals surface area contributed by atoms with E-state index in [-0.39, 0.29) is 24.8 Å². The maximum Gasteiger partial charge on any atom is 0.321 e. The molecular weight excluding hydrogens is 384 g/mol. The van der Waals surface area contributed by atoms with Crippen LogP contribution in [-0.2, 0) is 20.0 Å². The Bertz CT molecular complexity index is 721. The van der Waals surface area contributed by atoms with Crippen LogP contribution in [0.5, 0.6) is 11.5 Å². The van der Waals surface area contributed by atoms with Crippen LogP contribution in [0.4, 0.5) is 0 Å². The van der Waals surface area contributed by atoms with Crippen LogP contribution in [-0.4, -0.2) is 40.5 Å². The average Bonchev–Trinajstić information content (AvgIpc) is 2.66. The number of hydrogen-bond donors (Lipinski definition) is 1. The van der Waals surface area contributed by atoms with Gasteiger partial charge in [0.25, 0.3) is 0 Å². The van der Waals surface area contributed by atoms with E-state index in [1.54, 1.807) is 13.2 Å². The number of phenols is 1. The van der Waals surface area contributed by atoms with Gasteiger partial charge in [-0.3, -0.25) is 0 Å². The second-order valence-corrected chi connectivity index (χ2v) is 9.59. The largest absolute Gasteiger partial charge is 0.508 e. The summed E-state index contributed by atoms with van der Waals surface area (Å²) >= 11 is 0. The normalized spacial score (nSPS) is 11.6. The van der Waals surface area contributed by atoms with Crippen molar-refractivity contribution in [1.82, 2.24) is 0 Å². The molecule has 2 aromatic rings. The van der Waals surface area contributed by atoms with Crippen molar-refractivity contribution in [3.63, 3.8) is 0 Å². The third kappa shape index (κ3) is 8.18. The minimum atomic E-state index is -1.70. The van der Waals surface area contributed by atoms with Gasteiger partial charge in [0.2, 0.25) is 0 Å². The van der Waals surface area contributed by atoms with Crippen molar-refractivity contribution in [2.75, 3.05) is 13.9 Å². The first-order valence-electron chi connectivity index (χ1n) is 10.2. The molecule has 0 saturated heterocycles. The van der Waals surface area contributed by atoms with Gasteiger partial charge in [0.05, 0.1) is 0 Å². The molecule has 0 radical (unpaired) electrons. The molecule has 0 bridgehead atoms. The Morgan fingerprint density at radius 3 is 2.17 bits per heavy atom. The predicted octanol–water partition coefficient (Wildman–Crippen LogP) is 5.05. The summed E-state index contributed by atoms with van der Waals surface area (Å²) in [5.74, 6) is 1.05. The predicted molar refractivity (Wildman–Crippen MR) is 119 cm³/mol. The van der Waals surface area contributed by atoms with Gasteiger partial charge in [-0.1, -0.05) is 18.2 Å². The highest BCUT2D eigenvalue weighted by atomic mass is 28.3. The lowest BCUT2D eigenvalue weighted by Gasteiger charge is -2.21. The van der Waals surface area contributed by atoms with Gasteiger partial charge in [-0.15, -0.1) is 0 Å². The van der Waals surface area contributed by atoms with Crippen molar-refractivity contribution in [3.05, 3.63) is 48.0 Å². The molecule has 0 unspecified atom stereocenters. The van der Waals surface area contributed by atoms with E-state index >= 15 is 0 Å². The van der Waals surface area contributed by atoms with E-state index in [9.17, 15) is 5.11 Å². The topological polar surface area (TPSA) is 57.2 Å². The second-order valence-electron chi connectivity index (χ2n) is 7.61. The molecule has 0 aromatic heterocycles. The quantitative estimate of drug-likeness (QED) is 0.386. The Kier molecular flexibility index (Phi) is 9.67. The molecule has 0 fully saturated rings. The first-order chi connectivity index (χ1) is 13.9. The van der Waals surface area contributed by atoms with Crippen LogP contribution in [0.15, 0.2) is 42.5 Å². The Morgan fingerprint density at radius 2 is 1.59 bits per heavy atom. The Hall–Kier alpha value is -1.86. The number of rotatable bonds is 12. The van der Waals surface area contributed by atoms with Gasteiger partial charge in [-0.05, 0) is 87.5 Å². The van der Waals surface area contributed by atoms with E-state index in [1.165, 1.54) is 0 Å². The molecule has 0 aliphatic rings. The van der Waals surface area contributed by atoms with Gasteiger partial charge >= 0.3 is 9.28 Å². The van der Waals surface area contributed by atoms with E-state index in [1.807, 2.05) is 36.4 Å². The molecule has 0 atom stereocenters. The zero-order valence-corrected chi connectivity index (χ0v) is 19.3. The molecular formula is C23H34O5Si. The summed E-state index contributed by atoms with van der Waals surface area (Å²) in [4.78, 5) is 0. The van der Waals surface area contributed by atoms with E-state index in [2.05, 4.69) is 27.7 Å². The van der Waals surface area contributed by atoms with Crippen molar-refractivity contribution < 1.29 is 23.4 Å². The lowest BCUT2D eigenvalue weighted by molar-refractivity contribution is 0.0511. The molecule has 2 rings (SSSR count). The first kappa shape index (κ1) is 23.4. The summed E-state index contributed by atoms with van der Waals surface area (Å²) in [5, 5.41) is 10.00. The molecule has 1 N–H and O–H groups in total. The van der Waals surface area contributed by atoms with Crippen LogP contribution >= 0.6 is 0 Å². The fraction of sp³-hybridized carbons (Fsp3) is 0.478. The third-order valence-electron chi connectivity index (χ3n) is 4.33. The maximum absolute atomic E-state index is 10.00. The fourth-order valence-electron chi connectivity index (χ4n) is 3.16. The molecule has 0 saturated carbocycles. The molecule has 0 aliphatic carbocycles. The monoisotopic (exact) mass is 418 g/mol. The maximum atomic E-state index is 10.00. The minimum absolute atomic E-state index is 0.181. The number of aryl methyl sites for hydroxylation is 1. The highest BCUT2D eigenvalue weighted by Crippen LogP contribution is 2.30.